The van der Waals surface area contributed by atoms with Gasteiger partial charge >= 0.3 is 0 Å². The van der Waals surface area contributed by atoms with Crippen LogP contribution in [0.15, 0.2) is 54.6 Å². The summed E-state index contributed by atoms with van der Waals surface area (Å²) in [6.45, 7) is 2.53. The average molecular weight is 382 g/mol. The quantitative estimate of drug-likeness (QED) is 0.505. The zero-order chi connectivity index (χ0) is 18.8. The number of hydrogen-bond acceptors (Lipinski definition) is 4. The van der Waals surface area contributed by atoms with E-state index in [1.165, 1.54) is 12.1 Å². The minimum Gasteiger partial charge on any atom is -0.365 e. The van der Waals surface area contributed by atoms with E-state index in [1.54, 1.807) is 16.8 Å². The largest absolute Gasteiger partial charge is 0.365 e. The van der Waals surface area contributed by atoms with Crippen LogP contribution in [-0.4, -0.2) is 19.7 Å². The van der Waals surface area contributed by atoms with Gasteiger partial charge in [0.2, 0.25) is 5.28 Å². The van der Waals surface area contributed by atoms with Crippen molar-refractivity contribution in [2.75, 3.05) is 5.32 Å². The van der Waals surface area contributed by atoms with Crippen molar-refractivity contribution in [1.82, 2.24) is 19.7 Å². The molecule has 5 nitrogen and oxygen atoms in total. The van der Waals surface area contributed by atoms with Gasteiger partial charge in [-0.3, -0.25) is 0 Å². The van der Waals surface area contributed by atoms with E-state index >= 15 is 0 Å². The Morgan fingerprint density at radius 1 is 1.04 bits per heavy atom. The molecule has 0 radical (unpaired) electrons. The fraction of sp³-hybridized carbons (Fsp3) is 0.150. The molecule has 0 atom stereocenters. The molecule has 0 fully saturated rings. The lowest BCUT2D eigenvalue weighted by molar-refractivity contribution is 0.627. The van der Waals surface area contributed by atoms with Gasteiger partial charge in [0.25, 0.3) is 0 Å². The van der Waals surface area contributed by atoms with Crippen molar-refractivity contribution in [2.24, 2.45) is 0 Å². The van der Waals surface area contributed by atoms with Gasteiger partial charge in [0.1, 0.15) is 11.6 Å². The lowest BCUT2D eigenvalue weighted by atomic mass is 10.2. The molecule has 2 aromatic heterocycles. The van der Waals surface area contributed by atoms with E-state index in [0.29, 0.717) is 18.0 Å². The van der Waals surface area contributed by atoms with Gasteiger partial charge in [0, 0.05) is 6.54 Å². The molecule has 0 aliphatic carbocycles. The summed E-state index contributed by atoms with van der Waals surface area (Å²) in [6.07, 6.45) is 0.729. The Balaban J connectivity index is 1.78. The first kappa shape index (κ1) is 17.4. The second-order valence-corrected chi connectivity index (χ2v) is 6.41. The summed E-state index contributed by atoms with van der Waals surface area (Å²) in [6, 6.07) is 16.1. The van der Waals surface area contributed by atoms with E-state index < -0.39 is 0 Å². The Bertz CT molecular complexity index is 1080. The van der Waals surface area contributed by atoms with Gasteiger partial charge in [-0.25, -0.2) is 9.07 Å². The minimum atomic E-state index is -0.261. The molecular weight excluding hydrogens is 365 g/mol. The van der Waals surface area contributed by atoms with Gasteiger partial charge in [-0.05, 0) is 47.9 Å². The van der Waals surface area contributed by atoms with Crippen molar-refractivity contribution in [3.05, 3.63) is 77.0 Å². The van der Waals surface area contributed by atoms with Crippen LogP contribution in [0, 0.1) is 5.82 Å². The van der Waals surface area contributed by atoms with Crippen molar-refractivity contribution in [2.45, 2.75) is 19.9 Å². The molecule has 1 N–H and O–H groups in total. The van der Waals surface area contributed by atoms with Crippen molar-refractivity contribution < 1.29 is 4.39 Å². The second-order valence-electron chi connectivity index (χ2n) is 6.07. The normalized spacial score (nSPS) is 11.1. The first-order valence-corrected chi connectivity index (χ1v) is 9.02. The summed E-state index contributed by atoms with van der Waals surface area (Å²) < 4.78 is 14.9. The van der Waals surface area contributed by atoms with Crippen LogP contribution in [0.4, 0.5) is 10.2 Å². The van der Waals surface area contributed by atoms with Crippen LogP contribution in [0.2, 0.25) is 5.28 Å². The van der Waals surface area contributed by atoms with Gasteiger partial charge in [-0.2, -0.15) is 15.1 Å². The lowest BCUT2D eigenvalue weighted by Gasteiger charge is -2.08. The molecule has 136 valence electrons. The first-order valence-electron chi connectivity index (χ1n) is 8.64. The van der Waals surface area contributed by atoms with Crippen LogP contribution in [0.25, 0.3) is 16.7 Å². The zero-order valence-electron chi connectivity index (χ0n) is 14.7. The summed E-state index contributed by atoms with van der Waals surface area (Å²) in [5.41, 5.74) is 3.38. The number of aromatic nitrogens is 4. The van der Waals surface area contributed by atoms with E-state index in [0.717, 1.165) is 28.8 Å². The smallest absolute Gasteiger partial charge is 0.226 e. The molecule has 4 aromatic rings. The molecule has 7 heteroatoms. The van der Waals surface area contributed by atoms with Crippen molar-refractivity contribution in [3.63, 3.8) is 0 Å². The van der Waals surface area contributed by atoms with Crippen LogP contribution >= 0.6 is 11.6 Å². The zero-order valence-corrected chi connectivity index (χ0v) is 15.4. The van der Waals surface area contributed by atoms with E-state index in [2.05, 4.69) is 15.3 Å². The van der Waals surface area contributed by atoms with Crippen molar-refractivity contribution >= 4 is 28.5 Å². The Kier molecular flexibility index (Phi) is 4.73. The van der Waals surface area contributed by atoms with Gasteiger partial charge < -0.3 is 5.32 Å². The van der Waals surface area contributed by atoms with Gasteiger partial charge in [-0.15, -0.1) is 0 Å². The fourth-order valence-corrected chi connectivity index (χ4v) is 3.14. The minimum absolute atomic E-state index is 0.142. The number of nitrogens with one attached hydrogen (secondary N) is 1. The number of benzene rings is 2. The van der Waals surface area contributed by atoms with E-state index in [1.807, 2.05) is 37.3 Å². The highest BCUT2D eigenvalue weighted by Crippen LogP contribution is 2.28. The van der Waals surface area contributed by atoms with Crippen molar-refractivity contribution in [3.8, 4) is 5.69 Å². The SMILES string of the molecule is CCc1nn(-c2ccccc2)c2nc(Cl)nc(NCc3ccc(F)cc3)c12. The van der Waals surface area contributed by atoms with E-state index in [9.17, 15) is 4.39 Å². The fourth-order valence-electron chi connectivity index (χ4n) is 2.97. The standard InChI is InChI=1S/C20H17ClFN5/c1-2-16-17-18(23-12-13-8-10-14(22)11-9-13)24-20(21)25-19(17)27(26-16)15-6-4-3-5-7-15/h3-11H,2,12H2,1H3,(H,23,24,25). The summed E-state index contributed by atoms with van der Waals surface area (Å²) >= 11 is 6.19. The maximum atomic E-state index is 13.1. The molecule has 0 unspecified atom stereocenters. The summed E-state index contributed by atoms with van der Waals surface area (Å²) in [4.78, 5) is 8.78. The number of anilines is 1. The second kappa shape index (κ2) is 7.32. The maximum Gasteiger partial charge on any atom is 0.226 e. The third kappa shape index (κ3) is 3.48. The Labute approximate surface area is 160 Å². The summed E-state index contributed by atoms with van der Waals surface area (Å²) in [5, 5.41) is 8.99. The number of fused-ring (bicyclic) bond motifs is 1. The van der Waals surface area contributed by atoms with Crippen molar-refractivity contribution in [1.29, 1.82) is 0 Å². The maximum absolute atomic E-state index is 13.1. The highest BCUT2D eigenvalue weighted by molar-refractivity contribution is 6.28. The number of hydrogen-bond donors (Lipinski definition) is 1. The number of rotatable bonds is 5. The topological polar surface area (TPSA) is 55.6 Å². The molecule has 4 rings (SSSR count). The van der Waals surface area contributed by atoms with Crippen LogP contribution < -0.4 is 5.32 Å². The molecular formula is C20H17ClFN5. The molecule has 0 spiro atoms. The predicted molar refractivity (Wildman–Crippen MR) is 105 cm³/mol. The number of nitrogens with zero attached hydrogens (tertiary/aromatic N) is 4. The Morgan fingerprint density at radius 2 is 1.78 bits per heavy atom. The molecule has 0 aliphatic rings. The van der Waals surface area contributed by atoms with Crippen LogP contribution in [-0.2, 0) is 13.0 Å². The first-order chi connectivity index (χ1) is 13.2. The summed E-state index contributed by atoms with van der Waals surface area (Å²) in [7, 11) is 0. The predicted octanol–water partition coefficient (Wildman–Crippen LogP) is 4.78. The molecule has 0 aliphatic heterocycles. The third-order valence-corrected chi connectivity index (χ3v) is 4.45. The Hall–Kier alpha value is -2.99. The van der Waals surface area contributed by atoms with Crippen LogP contribution in [0.5, 0.6) is 0 Å². The molecule has 0 saturated heterocycles. The molecule has 0 amide bonds. The molecule has 0 saturated carbocycles. The third-order valence-electron chi connectivity index (χ3n) is 4.28. The van der Waals surface area contributed by atoms with Gasteiger partial charge in [-0.1, -0.05) is 37.3 Å². The molecule has 27 heavy (non-hydrogen) atoms. The Morgan fingerprint density at radius 3 is 2.48 bits per heavy atom. The number of halogens is 2. The lowest BCUT2D eigenvalue weighted by Crippen LogP contribution is -2.04. The molecule has 2 aromatic carbocycles. The summed E-state index contributed by atoms with van der Waals surface area (Å²) in [5.74, 6) is 0.358. The van der Waals surface area contributed by atoms with Gasteiger partial charge in [0.15, 0.2) is 5.65 Å². The average Bonchev–Trinajstić information content (AvgIpc) is 3.06. The highest BCUT2D eigenvalue weighted by Gasteiger charge is 2.18. The highest BCUT2D eigenvalue weighted by atomic mass is 35.5. The monoisotopic (exact) mass is 381 g/mol. The van der Waals surface area contributed by atoms with E-state index in [-0.39, 0.29) is 11.1 Å². The molecule has 2 heterocycles. The number of aryl methyl sites for hydroxylation is 1. The van der Waals surface area contributed by atoms with Crippen LogP contribution in [0.1, 0.15) is 18.2 Å². The number of para-hydroxylation sites is 1. The van der Waals surface area contributed by atoms with Gasteiger partial charge in [0.05, 0.1) is 16.8 Å². The van der Waals surface area contributed by atoms with Crippen LogP contribution in [0.3, 0.4) is 0 Å². The van der Waals surface area contributed by atoms with E-state index in [4.69, 9.17) is 16.7 Å². The molecule has 0 bridgehead atoms.